The third kappa shape index (κ3) is 4.46. The van der Waals surface area contributed by atoms with Gasteiger partial charge in [-0.2, -0.15) is 0 Å². The minimum atomic E-state index is -1.55. The molecular weight excluding hydrogens is 602 g/mol. The van der Waals surface area contributed by atoms with Crippen molar-refractivity contribution in [2.45, 2.75) is 30.5 Å². The molecule has 0 radical (unpaired) electrons. The van der Waals surface area contributed by atoms with Gasteiger partial charge in [-0.05, 0) is 39.9 Å². The van der Waals surface area contributed by atoms with Crippen LogP contribution in [-0.2, 0) is 20.9 Å². The summed E-state index contributed by atoms with van der Waals surface area (Å²) in [5.74, 6) is -2.04. The zero-order valence-corrected chi connectivity index (χ0v) is 24.2. The lowest BCUT2D eigenvalue weighted by Gasteiger charge is -2.31. The summed E-state index contributed by atoms with van der Waals surface area (Å²) < 4.78 is 6.64. The van der Waals surface area contributed by atoms with E-state index in [1.54, 1.807) is 0 Å². The van der Waals surface area contributed by atoms with Gasteiger partial charge in [0.1, 0.15) is 18.2 Å². The number of carboxylic acid groups (broad SMARTS) is 1. The summed E-state index contributed by atoms with van der Waals surface area (Å²) in [6.07, 6.45) is 0.355. The molecule has 2 saturated heterocycles. The van der Waals surface area contributed by atoms with E-state index in [2.05, 4.69) is 22.5 Å². The van der Waals surface area contributed by atoms with E-state index in [4.69, 9.17) is 4.74 Å². The van der Waals surface area contributed by atoms with Crippen LogP contribution in [0.1, 0.15) is 29.0 Å². The summed E-state index contributed by atoms with van der Waals surface area (Å²) in [6, 6.07) is 21.2. The molecule has 3 aromatic carbocycles. The Hall–Kier alpha value is -4.44. The van der Waals surface area contributed by atoms with Gasteiger partial charge >= 0.3 is 18.1 Å². The number of carboxylic acids is 1. The molecular formula is C32H28BrN3O6. The third-order valence-corrected chi connectivity index (χ3v) is 8.91. The molecule has 1 N–H and O–H groups in total. The SMILES string of the molecule is C=CCN1C(=O)N(Cc2ccc(Br)cc2)[C@]2(C[C@@H](C(=O)O)N(C(=O)OCC3c4ccccc4-c4ccccc43)C2)C1=O. The number of hydrogen-bond donors (Lipinski definition) is 1. The number of rotatable bonds is 7. The number of likely N-dealkylation sites (tertiary alicyclic amines) is 1. The van der Waals surface area contributed by atoms with Crippen LogP contribution in [0.2, 0.25) is 0 Å². The number of benzene rings is 3. The van der Waals surface area contributed by atoms with Crippen molar-refractivity contribution in [2.75, 3.05) is 19.7 Å². The monoisotopic (exact) mass is 629 g/mol. The van der Waals surface area contributed by atoms with Gasteiger partial charge in [0.2, 0.25) is 0 Å². The van der Waals surface area contributed by atoms with Gasteiger partial charge in [-0.25, -0.2) is 14.4 Å². The van der Waals surface area contributed by atoms with E-state index in [9.17, 15) is 24.3 Å². The molecule has 10 heteroatoms. The average molecular weight is 630 g/mol. The number of halogens is 1. The molecule has 42 heavy (non-hydrogen) atoms. The number of imide groups is 1. The van der Waals surface area contributed by atoms with E-state index in [1.807, 2.05) is 72.8 Å². The molecule has 3 aliphatic rings. The standard InChI is InChI=1S/C32H28BrN3O6/c1-2-15-34-29(39)32(36(30(34)40)17-20-11-13-21(33)14-12-20)16-27(28(37)38)35(19-32)31(41)42-18-26-24-9-5-3-7-22(24)23-8-4-6-10-25(23)26/h2-14,26-27H,1,15-19H2,(H,37,38)/t27-,32-/m0/s1. The maximum absolute atomic E-state index is 13.8. The summed E-state index contributed by atoms with van der Waals surface area (Å²) in [4.78, 5) is 56.8. The summed E-state index contributed by atoms with van der Waals surface area (Å²) >= 11 is 3.40. The zero-order valence-electron chi connectivity index (χ0n) is 22.6. The highest BCUT2D eigenvalue weighted by Crippen LogP contribution is 2.45. The lowest BCUT2D eigenvalue weighted by molar-refractivity contribution is -0.141. The first-order valence-corrected chi connectivity index (χ1v) is 14.4. The molecule has 1 aliphatic carbocycles. The molecule has 2 heterocycles. The van der Waals surface area contributed by atoms with Crippen LogP contribution in [0.5, 0.6) is 0 Å². The van der Waals surface area contributed by atoms with Crippen molar-refractivity contribution in [1.82, 2.24) is 14.7 Å². The second-order valence-corrected chi connectivity index (χ2v) is 11.6. The smallest absolute Gasteiger partial charge is 0.410 e. The summed E-state index contributed by atoms with van der Waals surface area (Å²) in [7, 11) is 0. The van der Waals surface area contributed by atoms with Gasteiger partial charge in [0.15, 0.2) is 0 Å². The Bertz CT molecular complexity index is 1560. The topological polar surface area (TPSA) is 107 Å². The van der Waals surface area contributed by atoms with Gasteiger partial charge in [0, 0.05) is 29.9 Å². The number of fused-ring (bicyclic) bond motifs is 3. The third-order valence-electron chi connectivity index (χ3n) is 8.38. The fraction of sp³-hybridized carbons (Fsp3) is 0.250. The second-order valence-electron chi connectivity index (χ2n) is 10.7. The maximum Gasteiger partial charge on any atom is 0.410 e. The number of aliphatic carboxylic acids is 1. The van der Waals surface area contributed by atoms with Crippen LogP contribution in [0.15, 0.2) is 89.9 Å². The van der Waals surface area contributed by atoms with Crippen LogP contribution in [-0.4, -0.2) is 75.1 Å². The van der Waals surface area contributed by atoms with Gasteiger partial charge in [-0.1, -0.05) is 82.7 Å². The Morgan fingerprint density at radius 1 is 1.00 bits per heavy atom. The van der Waals surface area contributed by atoms with Crippen molar-refractivity contribution in [3.05, 3.63) is 107 Å². The molecule has 0 unspecified atom stereocenters. The van der Waals surface area contributed by atoms with Gasteiger partial charge in [0.05, 0.1) is 6.54 Å². The summed E-state index contributed by atoms with van der Waals surface area (Å²) in [5, 5.41) is 10.1. The molecule has 0 saturated carbocycles. The predicted molar refractivity (Wildman–Crippen MR) is 158 cm³/mol. The summed E-state index contributed by atoms with van der Waals surface area (Å²) in [5.41, 5.74) is 3.39. The molecule has 0 bridgehead atoms. The van der Waals surface area contributed by atoms with E-state index in [1.165, 1.54) is 11.0 Å². The van der Waals surface area contributed by atoms with Gasteiger partial charge in [-0.3, -0.25) is 14.6 Å². The van der Waals surface area contributed by atoms with Crippen molar-refractivity contribution < 1.29 is 29.0 Å². The highest BCUT2D eigenvalue weighted by molar-refractivity contribution is 9.10. The van der Waals surface area contributed by atoms with Crippen LogP contribution >= 0.6 is 15.9 Å². The Morgan fingerprint density at radius 3 is 2.21 bits per heavy atom. The van der Waals surface area contributed by atoms with Crippen molar-refractivity contribution in [3.63, 3.8) is 0 Å². The lowest BCUT2D eigenvalue weighted by Crippen LogP contribution is -2.52. The minimum Gasteiger partial charge on any atom is -0.480 e. The largest absolute Gasteiger partial charge is 0.480 e. The number of hydrogen-bond acceptors (Lipinski definition) is 5. The second kappa shape index (κ2) is 10.8. The molecule has 214 valence electrons. The van der Waals surface area contributed by atoms with Gasteiger partial charge in [0.25, 0.3) is 5.91 Å². The molecule has 2 atom stereocenters. The Balaban J connectivity index is 1.28. The molecule has 1 spiro atoms. The van der Waals surface area contributed by atoms with Crippen molar-refractivity contribution >= 4 is 39.9 Å². The first-order chi connectivity index (χ1) is 20.2. The number of carbonyl (C=O) groups excluding carboxylic acids is 3. The van der Waals surface area contributed by atoms with Crippen molar-refractivity contribution in [1.29, 1.82) is 0 Å². The zero-order chi connectivity index (χ0) is 29.6. The van der Waals surface area contributed by atoms with E-state index in [-0.39, 0.29) is 38.6 Å². The van der Waals surface area contributed by atoms with Gasteiger partial charge < -0.3 is 14.7 Å². The van der Waals surface area contributed by atoms with E-state index < -0.39 is 35.6 Å². The van der Waals surface area contributed by atoms with E-state index in [0.29, 0.717) is 0 Å². The molecule has 3 aromatic rings. The molecule has 6 rings (SSSR count). The fourth-order valence-electron chi connectivity index (χ4n) is 6.39. The van der Waals surface area contributed by atoms with Crippen LogP contribution in [0.25, 0.3) is 11.1 Å². The normalized spacial score (nSPS) is 21.2. The number of nitrogens with zero attached hydrogens (tertiary/aromatic N) is 3. The highest BCUT2D eigenvalue weighted by atomic mass is 79.9. The number of ether oxygens (including phenoxy) is 1. The fourth-order valence-corrected chi connectivity index (χ4v) is 6.65. The maximum atomic E-state index is 13.8. The van der Waals surface area contributed by atoms with Crippen LogP contribution in [0.3, 0.4) is 0 Å². The first kappa shape index (κ1) is 27.7. The number of amides is 4. The van der Waals surface area contributed by atoms with E-state index >= 15 is 0 Å². The highest BCUT2D eigenvalue weighted by Gasteiger charge is 2.64. The summed E-state index contributed by atoms with van der Waals surface area (Å²) in [6.45, 7) is 3.40. The Labute approximate surface area is 251 Å². The van der Waals surface area contributed by atoms with Crippen LogP contribution < -0.4 is 0 Å². The Kier molecular flexibility index (Phi) is 7.10. The lowest BCUT2D eigenvalue weighted by atomic mass is 9.93. The quantitative estimate of drug-likeness (QED) is 0.283. The van der Waals surface area contributed by atoms with Crippen LogP contribution in [0, 0.1) is 0 Å². The molecule has 0 aromatic heterocycles. The number of carbonyl (C=O) groups is 4. The van der Waals surface area contributed by atoms with Crippen molar-refractivity contribution in [3.8, 4) is 11.1 Å². The number of urea groups is 1. The van der Waals surface area contributed by atoms with Gasteiger partial charge in [-0.15, -0.1) is 6.58 Å². The van der Waals surface area contributed by atoms with Crippen molar-refractivity contribution in [2.24, 2.45) is 0 Å². The Morgan fingerprint density at radius 2 is 1.62 bits per heavy atom. The molecule has 2 fully saturated rings. The first-order valence-electron chi connectivity index (χ1n) is 13.6. The molecule has 2 aliphatic heterocycles. The van der Waals surface area contributed by atoms with Crippen LogP contribution in [0.4, 0.5) is 9.59 Å². The molecule has 4 amide bonds. The van der Waals surface area contributed by atoms with E-state index in [0.717, 1.165) is 42.1 Å². The minimum absolute atomic E-state index is 0.000766. The molecule has 9 nitrogen and oxygen atoms in total. The predicted octanol–water partition coefficient (Wildman–Crippen LogP) is 5.25. The average Bonchev–Trinajstić information content (AvgIpc) is 3.61.